The van der Waals surface area contributed by atoms with Crippen LogP contribution in [-0.4, -0.2) is 63.1 Å². The van der Waals surface area contributed by atoms with Crippen LogP contribution in [0.5, 0.6) is 0 Å². The van der Waals surface area contributed by atoms with Gasteiger partial charge in [0, 0.05) is 57.0 Å². The molecule has 9 heteroatoms. The number of hydrogen-bond donors (Lipinski definition) is 0. The van der Waals surface area contributed by atoms with Crippen LogP contribution in [0.1, 0.15) is 72.8 Å². The molecule has 0 radical (unpaired) electrons. The Hall–Kier alpha value is -3.36. The van der Waals surface area contributed by atoms with Gasteiger partial charge in [0.15, 0.2) is 5.76 Å². The van der Waals surface area contributed by atoms with Crippen molar-refractivity contribution in [2.24, 2.45) is 0 Å². The van der Waals surface area contributed by atoms with Crippen LogP contribution in [0.3, 0.4) is 0 Å². The molecule has 180 valence electrons. The monoisotopic (exact) mass is 463 g/mol. The van der Waals surface area contributed by atoms with E-state index in [2.05, 4.69) is 40.9 Å². The molecule has 1 aliphatic rings. The van der Waals surface area contributed by atoms with Crippen molar-refractivity contribution in [3.8, 4) is 11.3 Å². The van der Waals surface area contributed by atoms with Crippen LogP contribution in [0.4, 0.5) is 5.95 Å². The number of rotatable bonds is 4. The average Bonchev–Trinajstić information content (AvgIpc) is 3.23. The molecule has 0 saturated carbocycles. The maximum Gasteiger partial charge on any atom is 0.257 e. The summed E-state index contributed by atoms with van der Waals surface area (Å²) in [6.07, 6.45) is 5.11. The van der Waals surface area contributed by atoms with E-state index in [9.17, 15) is 4.79 Å². The molecule has 0 N–H and O–H groups in total. The Kier molecular flexibility index (Phi) is 6.38. The van der Waals surface area contributed by atoms with E-state index in [1.165, 1.54) is 0 Å². The number of aromatic nitrogens is 5. The van der Waals surface area contributed by atoms with Gasteiger partial charge in [0.1, 0.15) is 5.82 Å². The van der Waals surface area contributed by atoms with Crippen molar-refractivity contribution in [1.82, 2.24) is 30.0 Å². The first-order chi connectivity index (χ1) is 16.0. The van der Waals surface area contributed by atoms with E-state index >= 15 is 0 Å². The van der Waals surface area contributed by atoms with Gasteiger partial charge in [-0.2, -0.15) is 0 Å². The highest BCUT2D eigenvalue weighted by atomic mass is 16.5. The molecule has 0 unspecified atom stereocenters. The summed E-state index contributed by atoms with van der Waals surface area (Å²) in [5, 5.41) is 4.05. The van der Waals surface area contributed by atoms with Gasteiger partial charge >= 0.3 is 0 Å². The second-order valence-electron chi connectivity index (χ2n) is 10.2. The zero-order chi connectivity index (χ0) is 24.6. The fourth-order valence-electron chi connectivity index (χ4n) is 4.15. The SMILES string of the molecule is Cc1cc(-c2cnc(C(C)(C)C)nc2C2CCN(C(=O)c3cnc(N(C)C)nc3C)CC2)on1. The van der Waals surface area contributed by atoms with Crippen molar-refractivity contribution in [3.05, 3.63) is 46.9 Å². The van der Waals surface area contributed by atoms with Crippen molar-refractivity contribution < 1.29 is 9.32 Å². The summed E-state index contributed by atoms with van der Waals surface area (Å²) in [4.78, 5) is 35.3. The highest BCUT2D eigenvalue weighted by Crippen LogP contribution is 2.35. The minimum atomic E-state index is -0.169. The summed E-state index contributed by atoms with van der Waals surface area (Å²) < 4.78 is 5.55. The van der Waals surface area contributed by atoms with E-state index in [1.807, 2.05) is 50.0 Å². The topological polar surface area (TPSA) is 101 Å². The number of hydrogen-bond acceptors (Lipinski definition) is 8. The Morgan fingerprint density at radius 1 is 1.09 bits per heavy atom. The Morgan fingerprint density at radius 2 is 1.79 bits per heavy atom. The summed E-state index contributed by atoms with van der Waals surface area (Å²) in [5.41, 5.74) is 3.75. The van der Waals surface area contributed by atoms with Gasteiger partial charge in [0.25, 0.3) is 5.91 Å². The number of aryl methyl sites for hydroxylation is 2. The third-order valence-electron chi connectivity index (χ3n) is 6.15. The standard InChI is InChI=1S/C25H33N7O2/c1-15-12-20(34-30-15)19-14-26-23(25(3,4)5)29-21(19)17-8-10-32(11-9-17)22(33)18-13-27-24(31(6)7)28-16(18)2/h12-14,17H,8-11H2,1-7H3. The number of carbonyl (C=O) groups excluding carboxylic acids is 1. The zero-order valence-corrected chi connectivity index (χ0v) is 21.1. The molecule has 9 nitrogen and oxygen atoms in total. The fourth-order valence-corrected chi connectivity index (χ4v) is 4.15. The van der Waals surface area contributed by atoms with Gasteiger partial charge in [0.2, 0.25) is 5.95 Å². The molecule has 3 aromatic heterocycles. The summed E-state index contributed by atoms with van der Waals surface area (Å²) in [6, 6.07) is 1.91. The van der Waals surface area contributed by atoms with Gasteiger partial charge in [-0.1, -0.05) is 25.9 Å². The number of likely N-dealkylation sites (tertiary alicyclic amines) is 1. The van der Waals surface area contributed by atoms with E-state index in [0.717, 1.165) is 35.6 Å². The van der Waals surface area contributed by atoms with E-state index in [1.54, 1.807) is 6.20 Å². The maximum absolute atomic E-state index is 13.2. The first-order valence-corrected chi connectivity index (χ1v) is 11.7. The Bertz CT molecular complexity index is 1190. The molecular formula is C25H33N7O2. The van der Waals surface area contributed by atoms with Crippen molar-refractivity contribution in [2.45, 2.75) is 58.8 Å². The van der Waals surface area contributed by atoms with Gasteiger partial charge in [-0.05, 0) is 26.7 Å². The number of piperidine rings is 1. The lowest BCUT2D eigenvalue weighted by atomic mass is 9.88. The Balaban J connectivity index is 1.56. The molecule has 0 bridgehead atoms. The first kappa shape index (κ1) is 23.8. The van der Waals surface area contributed by atoms with Crippen LogP contribution in [0, 0.1) is 13.8 Å². The number of nitrogens with zero attached hydrogens (tertiary/aromatic N) is 7. The Labute approximate surface area is 200 Å². The largest absolute Gasteiger partial charge is 0.356 e. The van der Waals surface area contributed by atoms with Crippen molar-refractivity contribution in [2.75, 3.05) is 32.1 Å². The van der Waals surface area contributed by atoms with Crippen LogP contribution in [-0.2, 0) is 5.41 Å². The average molecular weight is 464 g/mol. The smallest absolute Gasteiger partial charge is 0.257 e. The Morgan fingerprint density at radius 3 is 2.35 bits per heavy atom. The lowest BCUT2D eigenvalue weighted by Gasteiger charge is -2.33. The van der Waals surface area contributed by atoms with Gasteiger partial charge in [0.05, 0.1) is 28.2 Å². The number of carbonyl (C=O) groups is 1. The van der Waals surface area contributed by atoms with Crippen molar-refractivity contribution in [1.29, 1.82) is 0 Å². The summed E-state index contributed by atoms with van der Waals surface area (Å²) >= 11 is 0. The quantitative estimate of drug-likeness (QED) is 0.574. The molecule has 4 heterocycles. The van der Waals surface area contributed by atoms with E-state index < -0.39 is 0 Å². The molecule has 3 aromatic rings. The second kappa shape index (κ2) is 9.12. The highest BCUT2D eigenvalue weighted by molar-refractivity contribution is 5.95. The fraction of sp³-hybridized carbons (Fsp3) is 0.520. The third-order valence-corrected chi connectivity index (χ3v) is 6.15. The van der Waals surface area contributed by atoms with Crippen LogP contribution >= 0.6 is 0 Å². The lowest BCUT2D eigenvalue weighted by Crippen LogP contribution is -2.38. The molecule has 1 aliphatic heterocycles. The molecule has 4 rings (SSSR count). The first-order valence-electron chi connectivity index (χ1n) is 11.7. The van der Waals surface area contributed by atoms with Gasteiger partial charge in [-0.15, -0.1) is 0 Å². The molecule has 1 amide bonds. The summed E-state index contributed by atoms with van der Waals surface area (Å²) in [5.74, 6) is 2.25. The third kappa shape index (κ3) is 4.78. The van der Waals surface area contributed by atoms with E-state index in [0.29, 0.717) is 36.1 Å². The van der Waals surface area contributed by atoms with Crippen molar-refractivity contribution >= 4 is 11.9 Å². The van der Waals surface area contributed by atoms with E-state index in [4.69, 9.17) is 9.51 Å². The van der Waals surface area contributed by atoms with Gasteiger partial charge in [-0.3, -0.25) is 4.79 Å². The predicted molar refractivity (Wildman–Crippen MR) is 130 cm³/mol. The molecule has 1 saturated heterocycles. The predicted octanol–water partition coefficient (Wildman–Crippen LogP) is 3.92. The molecular weight excluding hydrogens is 430 g/mol. The minimum absolute atomic E-state index is 0.0228. The number of anilines is 1. The highest BCUT2D eigenvalue weighted by Gasteiger charge is 2.30. The maximum atomic E-state index is 13.2. The molecule has 0 aromatic carbocycles. The second-order valence-corrected chi connectivity index (χ2v) is 10.2. The van der Waals surface area contributed by atoms with Crippen LogP contribution < -0.4 is 4.90 Å². The molecule has 0 atom stereocenters. The van der Waals surface area contributed by atoms with Gasteiger partial charge < -0.3 is 14.3 Å². The summed E-state index contributed by atoms with van der Waals surface area (Å²) in [7, 11) is 3.77. The minimum Gasteiger partial charge on any atom is -0.356 e. The van der Waals surface area contributed by atoms with Gasteiger partial charge in [-0.25, -0.2) is 19.9 Å². The van der Waals surface area contributed by atoms with Crippen molar-refractivity contribution in [3.63, 3.8) is 0 Å². The molecule has 0 aliphatic carbocycles. The van der Waals surface area contributed by atoms with Crippen LogP contribution in [0.15, 0.2) is 23.0 Å². The number of amides is 1. The normalized spacial score (nSPS) is 15.0. The lowest BCUT2D eigenvalue weighted by molar-refractivity contribution is 0.0710. The molecule has 0 spiro atoms. The van der Waals surface area contributed by atoms with Crippen LogP contribution in [0.25, 0.3) is 11.3 Å². The van der Waals surface area contributed by atoms with E-state index in [-0.39, 0.29) is 17.2 Å². The molecule has 1 fully saturated rings. The zero-order valence-electron chi connectivity index (χ0n) is 21.1. The summed E-state index contributed by atoms with van der Waals surface area (Å²) in [6.45, 7) is 11.4. The molecule has 34 heavy (non-hydrogen) atoms. The van der Waals surface area contributed by atoms with Crippen LogP contribution in [0.2, 0.25) is 0 Å².